The van der Waals surface area contributed by atoms with Gasteiger partial charge in [0.25, 0.3) is 0 Å². The number of piperidine rings is 1. The van der Waals surface area contributed by atoms with Gasteiger partial charge in [0.2, 0.25) is 0 Å². The molecule has 4 nitrogen and oxygen atoms in total. The van der Waals surface area contributed by atoms with E-state index in [-0.39, 0.29) is 0 Å². The molecule has 1 aliphatic rings. The Kier molecular flexibility index (Phi) is 3.49. The lowest BCUT2D eigenvalue weighted by Crippen LogP contribution is -2.32. The second-order valence-corrected chi connectivity index (χ2v) is 4.93. The van der Waals surface area contributed by atoms with E-state index in [0.717, 1.165) is 18.2 Å². The number of nitrogens with one attached hydrogen (secondary N) is 1. The Bertz CT molecular complexity index is 337. The zero-order chi connectivity index (χ0) is 11.5. The summed E-state index contributed by atoms with van der Waals surface area (Å²) in [5.41, 5.74) is 2.27. The largest absolute Gasteiger partial charge is 0.382 e. The molecule has 4 heteroatoms. The van der Waals surface area contributed by atoms with E-state index in [2.05, 4.69) is 35.5 Å². The smallest absolute Gasteiger partial charge is 0.0824 e. The van der Waals surface area contributed by atoms with E-state index in [9.17, 15) is 0 Å². The maximum Gasteiger partial charge on any atom is 0.0824 e. The van der Waals surface area contributed by atoms with Gasteiger partial charge in [0.1, 0.15) is 0 Å². The Morgan fingerprint density at radius 3 is 2.62 bits per heavy atom. The van der Waals surface area contributed by atoms with Crippen molar-refractivity contribution < 1.29 is 0 Å². The van der Waals surface area contributed by atoms with Crippen molar-refractivity contribution in [2.75, 3.05) is 32.0 Å². The first-order valence-electron chi connectivity index (χ1n) is 6.08. The molecule has 0 amide bonds. The van der Waals surface area contributed by atoms with Gasteiger partial charge in [-0.1, -0.05) is 0 Å². The minimum absolute atomic E-state index is 0.816. The molecule has 1 fully saturated rings. The van der Waals surface area contributed by atoms with Gasteiger partial charge in [-0.05, 0) is 45.8 Å². The predicted octanol–water partition coefficient (Wildman–Crippen LogP) is 1.48. The van der Waals surface area contributed by atoms with E-state index >= 15 is 0 Å². The van der Waals surface area contributed by atoms with E-state index < -0.39 is 0 Å². The number of likely N-dealkylation sites (tertiary alicyclic amines) is 1. The van der Waals surface area contributed by atoms with Crippen LogP contribution >= 0.6 is 0 Å². The Hall–Kier alpha value is -1.03. The van der Waals surface area contributed by atoms with Crippen molar-refractivity contribution in [3.8, 4) is 0 Å². The SMILES string of the molecule is Cc1nn(C)cc1NCC1CCN(C)CC1. The lowest BCUT2D eigenvalue weighted by molar-refractivity contribution is 0.226. The maximum atomic E-state index is 4.33. The number of anilines is 1. The van der Waals surface area contributed by atoms with Crippen molar-refractivity contribution in [2.24, 2.45) is 13.0 Å². The highest BCUT2D eigenvalue weighted by Gasteiger charge is 2.16. The third-order valence-electron chi connectivity index (χ3n) is 3.43. The highest BCUT2D eigenvalue weighted by atomic mass is 15.3. The fourth-order valence-electron chi connectivity index (χ4n) is 2.29. The molecule has 0 radical (unpaired) electrons. The van der Waals surface area contributed by atoms with Crippen LogP contribution in [-0.4, -0.2) is 41.4 Å². The molecule has 1 aromatic rings. The predicted molar refractivity (Wildman–Crippen MR) is 66.7 cm³/mol. The van der Waals surface area contributed by atoms with Crippen LogP contribution < -0.4 is 5.32 Å². The summed E-state index contributed by atoms with van der Waals surface area (Å²) in [5, 5.41) is 7.85. The van der Waals surface area contributed by atoms with Gasteiger partial charge in [-0.3, -0.25) is 4.68 Å². The van der Waals surface area contributed by atoms with E-state index in [0.29, 0.717) is 0 Å². The van der Waals surface area contributed by atoms with Gasteiger partial charge < -0.3 is 10.2 Å². The number of aryl methyl sites for hydroxylation is 2. The highest BCUT2D eigenvalue weighted by Crippen LogP contribution is 2.18. The molecule has 0 spiro atoms. The van der Waals surface area contributed by atoms with Crippen LogP contribution in [0.15, 0.2) is 6.20 Å². The maximum absolute atomic E-state index is 4.33. The second-order valence-electron chi connectivity index (χ2n) is 4.93. The summed E-state index contributed by atoms with van der Waals surface area (Å²) >= 11 is 0. The molecular formula is C12H22N4. The molecule has 0 unspecified atom stereocenters. The summed E-state index contributed by atoms with van der Waals surface area (Å²) in [6, 6.07) is 0. The zero-order valence-corrected chi connectivity index (χ0v) is 10.5. The molecule has 1 N–H and O–H groups in total. The Balaban J connectivity index is 1.81. The fraction of sp³-hybridized carbons (Fsp3) is 0.750. The molecule has 1 saturated heterocycles. The van der Waals surface area contributed by atoms with Crippen LogP contribution in [0.2, 0.25) is 0 Å². The molecule has 0 aliphatic carbocycles. The molecule has 0 saturated carbocycles. The summed E-state index contributed by atoms with van der Waals surface area (Å²) in [4.78, 5) is 2.41. The topological polar surface area (TPSA) is 33.1 Å². The molecule has 16 heavy (non-hydrogen) atoms. The summed E-state index contributed by atoms with van der Waals surface area (Å²) < 4.78 is 1.87. The van der Waals surface area contributed by atoms with E-state index in [1.165, 1.54) is 31.6 Å². The van der Waals surface area contributed by atoms with Crippen LogP contribution in [0.25, 0.3) is 0 Å². The van der Waals surface area contributed by atoms with Crippen molar-refractivity contribution in [3.63, 3.8) is 0 Å². The number of hydrogen-bond donors (Lipinski definition) is 1. The first-order valence-corrected chi connectivity index (χ1v) is 6.08. The minimum Gasteiger partial charge on any atom is -0.382 e. The first-order chi connectivity index (χ1) is 7.65. The average molecular weight is 222 g/mol. The van der Waals surface area contributed by atoms with Crippen molar-refractivity contribution in [1.82, 2.24) is 14.7 Å². The zero-order valence-electron chi connectivity index (χ0n) is 10.5. The Labute approximate surface area is 97.6 Å². The van der Waals surface area contributed by atoms with Crippen LogP contribution in [0.1, 0.15) is 18.5 Å². The molecular weight excluding hydrogens is 200 g/mol. The molecule has 2 rings (SSSR count). The van der Waals surface area contributed by atoms with Crippen LogP contribution in [0, 0.1) is 12.8 Å². The molecule has 0 aromatic carbocycles. The Morgan fingerprint density at radius 1 is 1.38 bits per heavy atom. The van der Waals surface area contributed by atoms with Gasteiger partial charge >= 0.3 is 0 Å². The first kappa shape index (κ1) is 11.5. The number of hydrogen-bond acceptors (Lipinski definition) is 3. The van der Waals surface area contributed by atoms with E-state index in [1.807, 2.05) is 11.7 Å². The van der Waals surface area contributed by atoms with Gasteiger partial charge in [0, 0.05) is 19.8 Å². The van der Waals surface area contributed by atoms with Gasteiger partial charge in [-0.25, -0.2) is 0 Å². The quantitative estimate of drug-likeness (QED) is 0.841. The normalized spacial score (nSPS) is 18.9. The fourth-order valence-corrected chi connectivity index (χ4v) is 2.29. The lowest BCUT2D eigenvalue weighted by atomic mass is 9.97. The standard InChI is InChI=1S/C12H22N4/c1-10-12(9-16(3)14-10)13-8-11-4-6-15(2)7-5-11/h9,11,13H,4-8H2,1-3H3. The number of rotatable bonds is 3. The molecule has 2 heterocycles. The second kappa shape index (κ2) is 4.87. The summed E-state index contributed by atoms with van der Waals surface area (Å²) in [6.45, 7) is 5.61. The lowest BCUT2D eigenvalue weighted by Gasteiger charge is -2.29. The summed E-state index contributed by atoms with van der Waals surface area (Å²) in [5.74, 6) is 0.816. The van der Waals surface area contributed by atoms with Crippen molar-refractivity contribution in [2.45, 2.75) is 19.8 Å². The molecule has 0 bridgehead atoms. The highest BCUT2D eigenvalue weighted by molar-refractivity contribution is 5.45. The molecule has 0 atom stereocenters. The molecule has 90 valence electrons. The van der Waals surface area contributed by atoms with Crippen molar-refractivity contribution in [3.05, 3.63) is 11.9 Å². The number of nitrogens with zero attached hydrogens (tertiary/aromatic N) is 3. The van der Waals surface area contributed by atoms with Gasteiger partial charge in [0.15, 0.2) is 0 Å². The summed E-state index contributed by atoms with van der Waals surface area (Å²) in [6.07, 6.45) is 4.68. The monoisotopic (exact) mass is 222 g/mol. The number of aromatic nitrogens is 2. The van der Waals surface area contributed by atoms with Crippen LogP contribution in [0.3, 0.4) is 0 Å². The average Bonchev–Trinajstić information content (AvgIpc) is 2.57. The van der Waals surface area contributed by atoms with Gasteiger partial charge in [-0.15, -0.1) is 0 Å². The van der Waals surface area contributed by atoms with Crippen LogP contribution in [0.5, 0.6) is 0 Å². The van der Waals surface area contributed by atoms with Crippen LogP contribution in [-0.2, 0) is 7.05 Å². The van der Waals surface area contributed by atoms with Crippen molar-refractivity contribution in [1.29, 1.82) is 0 Å². The van der Waals surface area contributed by atoms with Crippen molar-refractivity contribution >= 4 is 5.69 Å². The molecule has 1 aliphatic heterocycles. The van der Waals surface area contributed by atoms with Gasteiger partial charge in [0.05, 0.1) is 11.4 Å². The Morgan fingerprint density at radius 2 is 2.06 bits per heavy atom. The van der Waals surface area contributed by atoms with E-state index in [1.54, 1.807) is 0 Å². The third kappa shape index (κ3) is 2.76. The minimum atomic E-state index is 0.816. The molecule has 1 aromatic heterocycles. The van der Waals surface area contributed by atoms with E-state index in [4.69, 9.17) is 0 Å². The third-order valence-corrected chi connectivity index (χ3v) is 3.43. The summed E-state index contributed by atoms with van der Waals surface area (Å²) in [7, 11) is 4.17. The van der Waals surface area contributed by atoms with Gasteiger partial charge in [-0.2, -0.15) is 5.10 Å². The van der Waals surface area contributed by atoms with Crippen LogP contribution in [0.4, 0.5) is 5.69 Å².